The zero-order chi connectivity index (χ0) is 19.9. The third kappa shape index (κ3) is 4.76. The molecule has 5 nitrogen and oxygen atoms in total. The van der Waals surface area contributed by atoms with Gasteiger partial charge in [-0.05, 0) is 11.5 Å². The molecule has 0 saturated heterocycles. The van der Waals surface area contributed by atoms with Gasteiger partial charge in [-0.25, -0.2) is 0 Å². The van der Waals surface area contributed by atoms with E-state index in [2.05, 4.69) is 0 Å². The first-order chi connectivity index (χ1) is 13.5. The van der Waals surface area contributed by atoms with Crippen molar-refractivity contribution in [3.05, 3.63) is 112 Å². The maximum atomic E-state index is 12.7. The lowest BCUT2D eigenvalue weighted by atomic mass is 9.86. The number of rotatable bonds is 8. The van der Waals surface area contributed by atoms with Crippen molar-refractivity contribution in [1.29, 1.82) is 0 Å². The standard InChI is InChI=1S/C23H19NO4/c25-22(17-8-3-1-4-9-17)15-20(16-23(26)18-10-5-2-6-11-18)19-12-7-13-21(14-19)24(27)28/h1-14,20H,15-16H2. The van der Waals surface area contributed by atoms with Crippen LogP contribution in [0.15, 0.2) is 84.9 Å². The Balaban J connectivity index is 1.89. The van der Waals surface area contributed by atoms with Gasteiger partial charge in [-0.1, -0.05) is 72.8 Å². The first-order valence-corrected chi connectivity index (χ1v) is 8.95. The molecule has 0 aliphatic heterocycles. The maximum absolute atomic E-state index is 12.7. The van der Waals surface area contributed by atoms with Crippen LogP contribution in [0.3, 0.4) is 0 Å². The molecule has 0 heterocycles. The van der Waals surface area contributed by atoms with Crippen molar-refractivity contribution in [1.82, 2.24) is 0 Å². The van der Waals surface area contributed by atoms with Crippen LogP contribution in [0, 0.1) is 10.1 Å². The number of benzene rings is 3. The van der Waals surface area contributed by atoms with Gasteiger partial charge >= 0.3 is 0 Å². The Morgan fingerprint density at radius 3 is 1.71 bits per heavy atom. The highest BCUT2D eigenvalue weighted by molar-refractivity contribution is 5.99. The van der Waals surface area contributed by atoms with Gasteiger partial charge in [0.05, 0.1) is 4.92 Å². The highest BCUT2D eigenvalue weighted by atomic mass is 16.6. The molecule has 0 N–H and O–H groups in total. The van der Waals surface area contributed by atoms with Gasteiger partial charge in [-0.3, -0.25) is 19.7 Å². The van der Waals surface area contributed by atoms with Gasteiger partial charge in [-0.15, -0.1) is 0 Å². The second-order valence-corrected chi connectivity index (χ2v) is 6.54. The van der Waals surface area contributed by atoms with Gasteiger partial charge in [0.15, 0.2) is 11.6 Å². The minimum atomic E-state index is -0.474. The van der Waals surface area contributed by atoms with E-state index in [1.165, 1.54) is 12.1 Å². The number of nitro benzene ring substituents is 1. The summed E-state index contributed by atoms with van der Waals surface area (Å²) in [6, 6.07) is 23.9. The SMILES string of the molecule is O=C(CC(CC(=O)c1ccccc1)c1cccc([N+](=O)[O-])c1)c1ccccc1. The summed E-state index contributed by atoms with van der Waals surface area (Å²) in [6.45, 7) is 0. The molecule has 0 atom stereocenters. The summed E-state index contributed by atoms with van der Waals surface area (Å²) in [4.78, 5) is 36.1. The number of carbonyl (C=O) groups excluding carboxylic acids is 2. The van der Waals surface area contributed by atoms with Crippen LogP contribution in [0.25, 0.3) is 0 Å². The van der Waals surface area contributed by atoms with E-state index < -0.39 is 10.8 Å². The predicted molar refractivity (Wildman–Crippen MR) is 107 cm³/mol. The van der Waals surface area contributed by atoms with Gasteiger partial charge in [-0.2, -0.15) is 0 Å². The van der Waals surface area contributed by atoms with Gasteiger partial charge in [0.1, 0.15) is 0 Å². The van der Waals surface area contributed by atoms with Crippen molar-refractivity contribution in [2.24, 2.45) is 0 Å². The Morgan fingerprint density at radius 2 is 1.25 bits per heavy atom. The summed E-state index contributed by atoms with van der Waals surface area (Å²) in [6.07, 6.45) is 0.202. The van der Waals surface area contributed by atoms with E-state index in [4.69, 9.17) is 0 Å². The molecule has 0 fully saturated rings. The van der Waals surface area contributed by atoms with Crippen molar-refractivity contribution in [2.45, 2.75) is 18.8 Å². The van der Waals surface area contributed by atoms with Gasteiger partial charge in [0.2, 0.25) is 0 Å². The fraction of sp³-hybridized carbons (Fsp3) is 0.130. The normalized spacial score (nSPS) is 10.6. The number of nitro groups is 1. The zero-order valence-electron chi connectivity index (χ0n) is 15.2. The molecule has 0 spiro atoms. The largest absolute Gasteiger partial charge is 0.294 e. The molecular weight excluding hydrogens is 354 g/mol. The molecule has 3 aromatic rings. The van der Waals surface area contributed by atoms with Gasteiger partial charge in [0, 0.05) is 36.1 Å². The second kappa shape index (κ2) is 8.86. The molecule has 3 rings (SSSR count). The molecule has 5 heteroatoms. The number of carbonyl (C=O) groups is 2. The lowest BCUT2D eigenvalue weighted by Crippen LogP contribution is -2.13. The lowest BCUT2D eigenvalue weighted by molar-refractivity contribution is -0.384. The average Bonchev–Trinajstić information content (AvgIpc) is 2.74. The summed E-state index contributed by atoms with van der Waals surface area (Å²) >= 11 is 0. The average molecular weight is 373 g/mol. The molecule has 28 heavy (non-hydrogen) atoms. The minimum absolute atomic E-state index is 0.0539. The number of hydrogen-bond acceptors (Lipinski definition) is 4. The van der Waals surface area contributed by atoms with Gasteiger partial charge < -0.3 is 0 Å². The topological polar surface area (TPSA) is 77.3 Å². The van der Waals surface area contributed by atoms with Crippen LogP contribution in [0.1, 0.15) is 45.0 Å². The van der Waals surface area contributed by atoms with E-state index in [1.807, 2.05) is 12.1 Å². The number of ketones is 2. The molecular formula is C23H19NO4. The summed E-state index contributed by atoms with van der Waals surface area (Å²) in [5.74, 6) is -0.642. The highest BCUT2D eigenvalue weighted by Gasteiger charge is 2.22. The monoisotopic (exact) mass is 373 g/mol. The van der Waals surface area contributed by atoms with Crippen molar-refractivity contribution in [3.63, 3.8) is 0 Å². The Hall–Kier alpha value is -3.60. The highest BCUT2D eigenvalue weighted by Crippen LogP contribution is 2.29. The third-order valence-corrected chi connectivity index (χ3v) is 4.61. The smallest absolute Gasteiger partial charge is 0.269 e. The molecule has 0 saturated carbocycles. The summed E-state index contributed by atoms with van der Waals surface area (Å²) in [5, 5.41) is 11.1. The van der Waals surface area contributed by atoms with Crippen LogP contribution < -0.4 is 0 Å². The molecule has 140 valence electrons. The molecule has 0 amide bonds. The number of nitrogens with zero attached hydrogens (tertiary/aromatic N) is 1. The zero-order valence-corrected chi connectivity index (χ0v) is 15.2. The number of Topliss-reactive ketones (excluding diaryl/α,β-unsaturated/α-hetero) is 2. The summed E-state index contributed by atoms with van der Waals surface area (Å²) < 4.78 is 0. The quantitative estimate of drug-likeness (QED) is 0.308. The molecule has 0 aliphatic rings. The molecule has 3 aromatic carbocycles. The Bertz CT molecular complexity index is 930. The van der Waals surface area contributed by atoms with Crippen LogP contribution in [0.4, 0.5) is 5.69 Å². The minimum Gasteiger partial charge on any atom is -0.294 e. The lowest BCUT2D eigenvalue weighted by Gasteiger charge is -2.16. The van der Waals surface area contributed by atoms with Crippen molar-refractivity contribution in [3.8, 4) is 0 Å². The van der Waals surface area contributed by atoms with Crippen molar-refractivity contribution in [2.75, 3.05) is 0 Å². The first kappa shape index (κ1) is 19.2. The van der Waals surface area contributed by atoms with E-state index in [0.29, 0.717) is 16.7 Å². The van der Waals surface area contributed by atoms with E-state index in [9.17, 15) is 19.7 Å². The first-order valence-electron chi connectivity index (χ1n) is 8.95. The van der Waals surface area contributed by atoms with E-state index in [0.717, 1.165) is 0 Å². The molecule has 0 unspecified atom stereocenters. The van der Waals surface area contributed by atoms with Crippen LogP contribution in [0.5, 0.6) is 0 Å². The van der Waals surface area contributed by atoms with E-state index in [1.54, 1.807) is 60.7 Å². The summed E-state index contributed by atoms with van der Waals surface area (Å²) in [5.41, 5.74) is 1.68. The Labute approximate surface area is 162 Å². The predicted octanol–water partition coefficient (Wildman–Crippen LogP) is 5.22. The van der Waals surface area contributed by atoms with E-state index >= 15 is 0 Å². The number of hydrogen-bond donors (Lipinski definition) is 0. The fourth-order valence-corrected chi connectivity index (χ4v) is 3.13. The van der Waals surface area contributed by atoms with Crippen LogP contribution >= 0.6 is 0 Å². The van der Waals surface area contributed by atoms with Crippen LogP contribution in [-0.4, -0.2) is 16.5 Å². The van der Waals surface area contributed by atoms with Gasteiger partial charge in [0.25, 0.3) is 5.69 Å². The molecule has 0 radical (unpaired) electrons. The van der Waals surface area contributed by atoms with Crippen molar-refractivity contribution >= 4 is 17.3 Å². The molecule has 0 aromatic heterocycles. The molecule has 0 aliphatic carbocycles. The Morgan fingerprint density at radius 1 is 0.750 bits per heavy atom. The van der Waals surface area contributed by atoms with E-state index in [-0.39, 0.29) is 30.1 Å². The maximum Gasteiger partial charge on any atom is 0.269 e. The van der Waals surface area contributed by atoms with Crippen LogP contribution in [0.2, 0.25) is 0 Å². The Kier molecular flexibility index (Phi) is 6.07. The number of non-ortho nitro benzene ring substituents is 1. The molecule has 0 bridgehead atoms. The van der Waals surface area contributed by atoms with Crippen LogP contribution in [-0.2, 0) is 0 Å². The fourth-order valence-electron chi connectivity index (χ4n) is 3.13. The second-order valence-electron chi connectivity index (χ2n) is 6.54. The third-order valence-electron chi connectivity index (χ3n) is 4.61. The van der Waals surface area contributed by atoms with Crippen molar-refractivity contribution < 1.29 is 14.5 Å². The summed E-state index contributed by atoms with van der Waals surface area (Å²) in [7, 11) is 0.